The van der Waals surface area contributed by atoms with Crippen molar-refractivity contribution in [2.45, 2.75) is 39.3 Å². The molecule has 0 saturated heterocycles. The van der Waals surface area contributed by atoms with Gasteiger partial charge in [-0.2, -0.15) is 0 Å². The van der Waals surface area contributed by atoms with E-state index in [1.54, 1.807) is 7.11 Å². The molecule has 1 aromatic heterocycles. The average Bonchev–Trinajstić information content (AvgIpc) is 3.18. The highest BCUT2D eigenvalue weighted by atomic mass is 16.5. The van der Waals surface area contributed by atoms with E-state index in [1.165, 1.54) is 0 Å². The van der Waals surface area contributed by atoms with Crippen LogP contribution in [0.2, 0.25) is 0 Å². The van der Waals surface area contributed by atoms with Gasteiger partial charge in [-0.15, -0.1) is 0 Å². The molecule has 2 aromatic carbocycles. The minimum Gasteiger partial charge on any atom is -0.493 e. The van der Waals surface area contributed by atoms with E-state index in [4.69, 9.17) is 20.3 Å². The number of fused-ring (bicyclic) bond motifs is 1. The standard InChI is InChI=1S/C25H33N3O4/c1-17-5-6-22(23(13-17)31-3)32-12-8-27-18(2)14-19-15-20-7-10-28(9-4-11-29)24(20)21(16-19)25(26)30/h5-7,10,13,15-16,18,27,29H,4,8-9,11-12,14H2,1-3H3,(H2,26,30)/t18-/m1/s1. The lowest BCUT2D eigenvalue weighted by atomic mass is 10.0. The Morgan fingerprint density at radius 1 is 1.22 bits per heavy atom. The number of nitrogens with two attached hydrogens (primary N) is 1. The van der Waals surface area contributed by atoms with Crippen molar-refractivity contribution in [2.24, 2.45) is 5.73 Å². The number of hydrogen-bond acceptors (Lipinski definition) is 5. The predicted octanol–water partition coefficient (Wildman–Crippen LogP) is 3.04. The second kappa shape index (κ2) is 11.0. The van der Waals surface area contributed by atoms with E-state index in [-0.39, 0.29) is 12.6 Å². The highest BCUT2D eigenvalue weighted by molar-refractivity contribution is 6.05. The third-order valence-corrected chi connectivity index (χ3v) is 5.46. The van der Waals surface area contributed by atoms with E-state index in [0.717, 1.165) is 39.9 Å². The van der Waals surface area contributed by atoms with E-state index < -0.39 is 5.91 Å². The lowest BCUT2D eigenvalue weighted by molar-refractivity contribution is 0.100. The van der Waals surface area contributed by atoms with Crippen LogP contribution in [0.5, 0.6) is 11.5 Å². The number of primary amides is 1. The number of aliphatic hydroxyl groups is 1. The molecule has 0 unspecified atom stereocenters. The first-order chi connectivity index (χ1) is 15.4. The lowest BCUT2D eigenvalue weighted by Crippen LogP contribution is -2.32. The molecule has 0 saturated carbocycles. The Labute approximate surface area is 189 Å². The number of ether oxygens (including phenoxy) is 2. The number of nitrogens with zero attached hydrogens (tertiary/aromatic N) is 1. The molecule has 0 bridgehead atoms. The summed E-state index contributed by atoms with van der Waals surface area (Å²) >= 11 is 0. The smallest absolute Gasteiger partial charge is 0.250 e. The number of amides is 1. The third-order valence-electron chi connectivity index (χ3n) is 5.46. The Hall–Kier alpha value is -3.03. The highest BCUT2D eigenvalue weighted by Crippen LogP contribution is 2.27. The van der Waals surface area contributed by atoms with Crippen molar-refractivity contribution < 1.29 is 19.4 Å². The van der Waals surface area contributed by atoms with Crippen LogP contribution in [0.15, 0.2) is 42.6 Å². The summed E-state index contributed by atoms with van der Waals surface area (Å²) in [4.78, 5) is 12.1. The maximum Gasteiger partial charge on any atom is 0.250 e. The van der Waals surface area contributed by atoms with Gasteiger partial charge in [0.2, 0.25) is 0 Å². The molecular weight excluding hydrogens is 406 g/mol. The molecule has 1 amide bonds. The first-order valence-corrected chi connectivity index (χ1v) is 11.0. The summed E-state index contributed by atoms with van der Waals surface area (Å²) in [6.45, 7) is 6.06. The van der Waals surface area contributed by atoms with Gasteiger partial charge in [-0.1, -0.05) is 6.07 Å². The van der Waals surface area contributed by atoms with E-state index >= 15 is 0 Å². The van der Waals surface area contributed by atoms with Crippen molar-refractivity contribution in [3.05, 3.63) is 59.3 Å². The molecule has 7 heteroatoms. The van der Waals surface area contributed by atoms with Gasteiger partial charge < -0.3 is 30.2 Å². The van der Waals surface area contributed by atoms with Crippen molar-refractivity contribution in [1.82, 2.24) is 9.88 Å². The van der Waals surface area contributed by atoms with Crippen LogP contribution in [0.1, 0.15) is 34.8 Å². The first-order valence-electron chi connectivity index (χ1n) is 11.0. The van der Waals surface area contributed by atoms with Crippen LogP contribution in [0.25, 0.3) is 10.9 Å². The normalized spacial score (nSPS) is 12.1. The van der Waals surface area contributed by atoms with Crippen molar-refractivity contribution in [2.75, 3.05) is 26.9 Å². The Morgan fingerprint density at radius 3 is 2.75 bits per heavy atom. The number of hydrogen-bond donors (Lipinski definition) is 3. The van der Waals surface area contributed by atoms with E-state index in [1.807, 2.05) is 48.0 Å². The molecular formula is C25H33N3O4. The number of carbonyl (C=O) groups excluding carboxylic acids is 1. The summed E-state index contributed by atoms with van der Waals surface area (Å²) in [6, 6.07) is 12.0. The fourth-order valence-corrected chi connectivity index (χ4v) is 3.93. The molecule has 4 N–H and O–H groups in total. The molecule has 3 aromatic rings. The molecule has 1 atom stereocenters. The lowest BCUT2D eigenvalue weighted by Gasteiger charge is -2.16. The number of rotatable bonds is 12. The summed E-state index contributed by atoms with van der Waals surface area (Å²) in [5, 5.41) is 13.6. The molecule has 1 heterocycles. The van der Waals surface area contributed by atoms with Crippen LogP contribution >= 0.6 is 0 Å². The molecule has 172 valence electrons. The van der Waals surface area contributed by atoms with Crippen LogP contribution in [-0.4, -0.2) is 48.5 Å². The highest BCUT2D eigenvalue weighted by Gasteiger charge is 2.14. The first kappa shape index (κ1) is 23.6. The number of aromatic nitrogens is 1. The average molecular weight is 440 g/mol. The van der Waals surface area contributed by atoms with Gasteiger partial charge in [0.15, 0.2) is 11.5 Å². The number of carbonyl (C=O) groups is 1. The van der Waals surface area contributed by atoms with Crippen molar-refractivity contribution in [1.29, 1.82) is 0 Å². The van der Waals surface area contributed by atoms with E-state index in [9.17, 15) is 4.79 Å². The Morgan fingerprint density at radius 2 is 2.03 bits per heavy atom. The third kappa shape index (κ3) is 5.81. The molecule has 0 radical (unpaired) electrons. The number of nitrogens with one attached hydrogen (secondary N) is 1. The van der Waals surface area contributed by atoms with Crippen molar-refractivity contribution >= 4 is 16.8 Å². The van der Waals surface area contributed by atoms with Crippen LogP contribution in [-0.2, 0) is 13.0 Å². The summed E-state index contributed by atoms with van der Waals surface area (Å²) in [5.74, 6) is 1.02. The number of methoxy groups -OCH3 is 1. The summed E-state index contributed by atoms with van der Waals surface area (Å²) < 4.78 is 13.2. The zero-order valence-electron chi connectivity index (χ0n) is 19.1. The molecule has 32 heavy (non-hydrogen) atoms. The van der Waals surface area contributed by atoms with Gasteiger partial charge in [0.1, 0.15) is 6.61 Å². The maximum atomic E-state index is 12.1. The number of benzene rings is 2. The van der Waals surface area contributed by atoms with Gasteiger partial charge in [-0.05, 0) is 68.1 Å². The minimum absolute atomic E-state index is 0.104. The second-order valence-electron chi connectivity index (χ2n) is 8.09. The van der Waals surface area contributed by atoms with Gasteiger partial charge in [-0.3, -0.25) is 4.79 Å². The number of aryl methyl sites for hydroxylation is 2. The molecule has 0 aliphatic heterocycles. The van der Waals surface area contributed by atoms with Gasteiger partial charge in [0, 0.05) is 37.3 Å². The van der Waals surface area contributed by atoms with Crippen LogP contribution in [0.4, 0.5) is 0 Å². The van der Waals surface area contributed by atoms with Crippen LogP contribution in [0, 0.1) is 6.92 Å². The largest absolute Gasteiger partial charge is 0.493 e. The van der Waals surface area contributed by atoms with Crippen LogP contribution in [0.3, 0.4) is 0 Å². The van der Waals surface area contributed by atoms with Gasteiger partial charge in [0.25, 0.3) is 5.91 Å². The fourth-order valence-electron chi connectivity index (χ4n) is 3.93. The molecule has 0 aliphatic carbocycles. The summed E-state index contributed by atoms with van der Waals surface area (Å²) in [5.41, 5.74) is 9.19. The minimum atomic E-state index is -0.443. The zero-order valence-corrected chi connectivity index (χ0v) is 19.1. The topological polar surface area (TPSA) is 98.7 Å². The predicted molar refractivity (Wildman–Crippen MR) is 127 cm³/mol. The molecule has 7 nitrogen and oxygen atoms in total. The van der Waals surface area contributed by atoms with E-state index in [2.05, 4.69) is 18.3 Å². The molecule has 0 fully saturated rings. The van der Waals surface area contributed by atoms with E-state index in [0.29, 0.717) is 31.7 Å². The molecule has 0 spiro atoms. The molecule has 3 rings (SSSR count). The quantitative estimate of drug-likeness (QED) is 0.377. The summed E-state index contributed by atoms with van der Waals surface area (Å²) in [6.07, 6.45) is 3.32. The van der Waals surface area contributed by atoms with Crippen LogP contribution < -0.4 is 20.5 Å². The monoisotopic (exact) mass is 439 g/mol. The zero-order chi connectivity index (χ0) is 23.1. The van der Waals surface area contributed by atoms with Gasteiger partial charge in [0.05, 0.1) is 18.2 Å². The Bertz CT molecular complexity index is 1060. The SMILES string of the molecule is COc1cc(C)ccc1OCCN[C@H](C)Cc1cc(C(N)=O)c2c(ccn2CCCO)c1. The second-order valence-corrected chi connectivity index (χ2v) is 8.09. The number of aliphatic hydroxyl groups excluding tert-OH is 1. The van der Waals surface area contributed by atoms with Gasteiger partial charge in [-0.25, -0.2) is 0 Å². The van der Waals surface area contributed by atoms with Crippen molar-refractivity contribution in [3.63, 3.8) is 0 Å². The Kier molecular flexibility index (Phi) is 8.14. The Balaban J connectivity index is 1.60. The fraction of sp³-hybridized carbons (Fsp3) is 0.400. The van der Waals surface area contributed by atoms with Gasteiger partial charge >= 0.3 is 0 Å². The van der Waals surface area contributed by atoms with Crippen molar-refractivity contribution in [3.8, 4) is 11.5 Å². The summed E-state index contributed by atoms with van der Waals surface area (Å²) in [7, 11) is 1.64. The molecule has 0 aliphatic rings. The maximum absolute atomic E-state index is 12.1.